The van der Waals surface area contributed by atoms with Crippen LogP contribution < -0.4 is 5.32 Å². The average molecular weight is 229 g/mol. The van der Waals surface area contributed by atoms with Crippen molar-refractivity contribution in [2.75, 3.05) is 33.4 Å². The molecule has 1 aliphatic rings. The zero-order valence-corrected chi connectivity index (χ0v) is 10.2. The van der Waals surface area contributed by atoms with E-state index in [9.17, 15) is 4.79 Å². The van der Waals surface area contributed by atoms with Gasteiger partial charge in [-0.2, -0.15) is 0 Å². The van der Waals surface area contributed by atoms with Crippen molar-refractivity contribution in [3.05, 3.63) is 0 Å². The number of hydrogen-bond acceptors (Lipinski definition) is 4. The molecule has 0 aromatic rings. The number of Topliss-reactive ketones (excluding diaryl/α,β-unsaturated/α-hetero) is 1. The van der Waals surface area contributed by atoms with Gasteiger partial charge in [0, 0.05) is 26.7 Å². The molecular weight excluding hydrogens is 206 g/mol. The lowest BCUT2D eigenvalue weighted by molar-refractivity contribution is -0.118. The highest BCUT2D eigenvalue weighted by Crippen LogP contribution is 2.17. The van der Waals surface area contributed by atoms with E-state index in [2.05, 4.69) is 5.32 Å². The largest absolute Gasteiger partial charge is 0.383 e. The Bertz CT molecular complexity index is 191. The van der Waals surface area contributed by atoms with Crippen molar-refractivity contribution < 1.29 is 14.3 Å². The van der Waals surface area contributed by atoms with Crippen molar-refractivity contribution in [1.29, 1.82) is 0 Å². The monoisotopic (exact) mass is 229 g/mol. The Balaban J connectivity index is 1.89. The van der Waals surface area contributed by atoms with Crippen molar-refractivity contribution in [1.82, 2.24) is 5.32 Å². The van der Waals surface area contributed by atoms with Crippen molar-refractivity contribution >= 4 is 5.78 Å². The van der Waals surface area contributed by atoms with E-state index in [4.69, 9.17) is 9.47 Å². The Hall–Kier alpha value is -0.450. The van der Waals surface area contributed by atoms with Gasteiger partial charge in [-0.25, -0.2) is 0 Å². The second kappa shape index (κ2) is 8.67. The van der Waals surface area contributed by atoms with Crippen LogP contribution in [-0.2, 0) is 14.3 Å². The number of carbonyl (C=O) groups is 1. The first-order valence-corrected chi connectivity index (χ1v) is 6.16. The number of ketones is 1. The summed E-state index contributed by atoms with van der Waals surface area (Å²) < 4.78 is 10.4. The Morgan fingerprint density at radius 1 is 1.56 bits per heavy atom. The van der Waals surface area contributed by atoms with E-state index in [1.54, 1.807) is 7.11 Å². The molecule has 1 atom stereocenters. The summed E-state index contributed by atoms with van der Waals surface area (Å²) in [5, 5.41) is 3.06. The minimum Gasteiger partial charge on any atom is -0.383 e. The highest BCUT2D eigenvalue weighted by atomic mass is 16.5. The fourth-order valence-electron chi connectivity index (χ4n) is 1.89. The lowest BCUT2D eigenvalue weighted by atomic mass is 10.1. The van der Waals surface area contributed by atoms with E-state index in [1.807, 2.05) is 0 Å². The molecule has 4 heteroatoms. The van der Waals surface area contributed by atoms with Crippen molar-refractivity contribution in [3.8, 4) is 0 Å². The molecule has 94 valence electrons. The molecular formula is C12H23NO3. The molecule has 1 fully saturated rings. The number of nitrogens with one attached hydrogen (secondary N) is 1. The molecule has 0 saturated carbocycles. The first-order chi connectivity index (χ1) is 7.83. The smallest absolute Gasteiger partial charge is 0.146 e. The first-order valence-electron chi connectivity index (χ1n) is 6.16. The number of methoxy groups -OCH3 is 1. The minimum absolute atomic E-state index is 0.286. The maximum Gasteiger partial charge on any atom is 0.146 e. The Labute approximate surface area is 97.7 Å². The number of ether oxygens (including phenoxy) is 2. The quantitative estimate of drug-likeness (QED) is 0.602. The van der Waals surface area contributed by atoms with Crippen LogP contribution in [-0.4, -0.2) is 45.3 Å². The summed E-state index contributed by atoms with van der Waals surface area (Å²) in [5.41, 5.74) is 0. The van der Waals surface area contributed by atoms with E-state index in [0.717, 1.165) is 26.0 Å². The van der Waals surface area contributed by atoms with Gasteiger partial charge in [-0.15, -0.1) is 0 Å². The van der Waals surface area contributed by atoms with Gasteiger partial charge in [-0.3, -0.25) is 4.79 Å². The van der Waals surface area contributed by atoms with Gasteiger partial charge in [0.15, 0.2) is 0 Å². The first kappa shape index (κ1) is 13.6. The number of hydrogen-bond donors (Lipinski definition) is 1. The van der Waals surface area contributed by atoms with Crippen LogP contribution in [0.15, 0.2) is 0 Å². The molecule has 1 heterocycles. The molecule has 0 radical (unpaired) electrons. The zero-order valence-electron chi connectivity index (χ0n) is 10.2. The summed E-state index contributed by atoms with van der Waals surface area (Å²) in [7, 11) is 1.66. The van der Waals surface area contributed by atoms with Crippen LogP contribution in [0.1, 0.15) is 32.1 Å². The highest BCUT2D eigenvalue weighted by Gasteiger charge is 2.15. The van der Waals surface area contributed by atoms with Gasteiger partial charge in [0.1, 0.15) is 5.78 Å². The van der Waals surface area contributed by atoms with Crippen molar-refractivity contribution in [2.24, 2.45) is 0 Å². The van der Waals surface area contributed by atoms with Gasteiger partial charge in [0.25, 0.3) is 0 Å². The maximum atomic E-state index is 11.4. The average Bonchev–Trinajstić information content (AvgIpc) is 2.77. The van der Waals surface area contributed by atoms with Gasteiger partial charge in [-0.1, -0.05) is 0 Å². The summed E-state index contributed by atoms with van der Waals surface area (Å²) in [6.45, 7) is 2.77. The third kappa shape index (κ3) is 6.20. The summed E-state index contributed by atoms with van der Waals surface area (Å²) in [5.74, 6) is 0.286. The van der Waals surface area contributed by atoms with Crippen LogP contribution in [0.2, 0.25) is 0 Å². The molecule has 0 aliphatic carbocycles. The summed E-state index contributed by atoms with van der Waals surface area (Å²) >= 11 is 0. The van der Waals surface area contributed by atoms with Crippen LogP contribution in [0, 0.1) is 0 Å². The van der Waals surface area contributed by atoms with Gasteiger partial charge in [0.05, 0.1) is 19.3 Å². The molecule has 0 bridgehead atoms. The molecule has 4 nitrogen and oxygen atoms in total. The topological polar surface area (TPSA) is 47.6 Å². The van der Waals surface area contributed by atoms with Crippen LogP contribution in [0.5, 0.6) is 0 Å². The highest BCUT2D eigenvalue weighted by molar-refractivity contribution is 5.80. The van der Waals surface area contributed by atoms with Crippen LogP contribution in [0.4, 0.5) is 0 Å². The Morgan fingerprint density at radius 3 is 3.12 bits per heavy atom. The van der Waals surface area contributed by atoms with E-state index < -0.39 is 0 Å². The predicted molar refractivity (Wildman–Crippen MR) is 62.6 cm³/mol. The van der Waals surface area contributed by atoms with Gasteiger partial charge in [-0.05, 0) is 25.7 Å². The SMILES string of the molecule is COCCNCC(=O)CCCC1CCCO1. The van der Waals surface area contributed by atoms with Crippen LogP contribution in [0.3, 0.4) is 0 Å². The third-order valence-corrected chi connectivity index (χ3v) is 2.81. The minimum atomic E-state index is 0.286. The molecule has 0 spiro atoms. The van der Waals surface area contributed by atoms with Crippen molar-refractivity contribution in [2.45, 2.75) is 38.2 Å². The van der Waals surface area contributed by atoms with Gasteiger partial charge < -0.3 is 14.8 Å². The third-order valence-electron chi connectivity index (χ3n) is 2.81. The predicted octanol–water partition coefficient (Wildman–Crippen LogP) is 1.14. The summed E-state index contributed by atoms with van der Waals surface area (Å²) in [6, 6.07) is 0. The van der Waals surface area contributed by atoms with E-state index >= 15 is 0 Å². The molecule has 1 aliphatic heterocycles. The van der Waals surface area contributed by atoms with E-state index in [-0.39, 0.29) is 5.78 Å². The van der Waals surface area contributed by atoms with Gasteiger partial charge >= 0.3 is 0 Å². The lowest BCUT2D eigenvalue weighted by Crippen LogP contribution is -2.26. The second-order valence-electron chi connectivity index (χ2n) is 4.24. The summed E-state index contributed by atoms with van der Waals surface area (Å²) in [4.78, 5) is 11.4. The van der Waals surface area contributed by atoms with Crippen LogP contribution in [0.25, 0.3) is 0 Å². The molecule has 0 aromatic carbocycles. The molecule has 1 saturated heterocycles. The fourth-order valence-corrected chi connectivity index (χ4v) is 1.89. The molecule has 0 amide bonds. The Kier molecular flexibility index (Phi) is 7.38. The fraction of sp³-hybridized carbons (Fsp3) is 0.917. The second-order valence-corrected chi connectivity index (χ2v) is 4.24. The lowest BCUT2D eigenvalue weighted by Gasteiger charge is -2.08. The van der Waals surface area contributed by atoms with Crippen LogP contribution >= 0.6 is 0 Å². The molecule has 1 N–H and O–H groups in total. The van der Waals surface area contributed by atoms with Crippen molar-refractivity contribution in [3.63, 3.8) is 0 Å². The van der Waals surface area contributed by atoms with E-state index in [0.29, 0.717) is 25.7 Å². The number of rotatable bonds is 9. The molecule has 1 unspecified atom stereocenters. The van der Waals surface area contributed by atoms with E-state index in [1.165, 1.54) is 12.8 Å². The molecule has 16 heavy (non-hydrogen) atoms. The normalized spacial score (nSPS) is 20.2. The zero-order chi connectivity index (χ0) is 11.6. The molecule has 0 aromatic heterocycles. The van der Waals surface area contributed by atoms with Gasteiger partial charge in [0.2, 0.25) is 0 Å². The maximum absolute atomic E-state index is 11.4. The number of carbonyl (C=O) groups excluding carboxylic acids is 1. The summed E-state index contributed by atoms with van der Waals surface area (Å²) in [6.07, 6.45) is 5.41. The standard InChI is InChI=1S/C12H23NO3/c1-15-9-7-13-10-11(14)4-2-5-12-6-3-8-16-12/h12-13H,2-10H2,1H3. The molecule has 1 rings (SSSR count). The Morgan fingerprint density at radius 2 is 2.44 bits per heavy atom.